The number of nitrogens with zero attached hydrogens (tertiary/aromatic N) is 1. The van der Waals surface area contributed by atoms with E-state index in [9.17, 15) is 4.79 Å². The lowest BCUT2D eigenvalue weighted by molar-refractivity contribution is 0.580. The van der Waals surface area contributed by atoms with Crippen LogP contribution >= 0.6 is 0 Å². The minimum absolute atomic E-state index is 0.0975. The summed E-state index contributed by atoms with van der Waals surface area (Å²) in [4.78, 5) is 13.8. The Bertz CT molecular complexity index is 532. The topological polar surface area (TPSA) is 69.8 Å². The van der Waals surface area contributed by atoms with Gasteiger partial charge in [0.15, 0.2) is 0 Å². The molecule has 0 aliphatic rings. The van der Waals surface area contributed by atoms with Crippen LogP contribution in [0.2, 0.25) is 0 Å². The van der Waals surface area contributed by atoms with E-state index in [1.165, 1.54) is 12.3 Å². The maximum absolute atomic E-state index is 11.2. The van der Waals surface area contributed by atoms with Crippen LogP contribution in [0.3, 0.4) is 0 Å². The molecule has 0 saturated heterocycles. The summed E-state index contributed by atoms with van der Waals surface area (Å²) >= 11 is 0. The molecule has 0 aromatic carbocycles. The van der Waals surface area contributed by atoms with Crippen LogP contribution in [-0.2, 0) is 0 Å². The number of rotatable bonds is 1. The van der Waals surface area contributed by atoms with Crippen LogP contribution in [-0.4, -0.2) is 4.98 Å². The first-order chi connectivity index (χ1) is 6.81. The average molecular weight is 186 g/mol. The van der Waals surface area contributed by atoms with Crippen LogP contribution in [0.25, 0.3) is 11.5 Å². The summed E-state index contributed by atoms with van der Waals surface area (Å²) < 4.78 is 5.10. The van der Waals surface area contributed by atoms with E-state index in [1.807, 2.05) is 0 Å². The van der Waals surface area contributed by atoms with Crippen LogP contribution in [0.1, 0.15) is 5.56 Å². The van der Waals surface area contributed by atoms with E-state index < -0.39 is 5.56 Å². The van der Waals surface area contributed by atoms with E-state index in [1.54, 1.807) is 24.3 Å². The average Bonchev–Trinajstić information content (AvgIpc) is 2.70. The molecule has 0 aliphatic heterocycles. The van der Waals surface area contributed by atoms with Gasteiger partial charge in [0, 0.05) is 0 Å². The predicted molar refractivity (Wildman–Crippen MR) is 49.5 cm³/mol. The summed E-state index contributed by atoms with van der Waals surface area (Å²) in [7, 11) is 0. The molecule has 0 radical (unpaired) electrons. The van der Waals surface area contributed by atoms with Gasteiger partial charge in [-0.3, -0.25) is 4.79 Å². The molecule has 0 unspecified atom stereocenters. The molecule has 2 aromatic heterocycles. The first kappa shape index (κ1) is 8.32. The summed E-state index contributed by atoms with van der Waals surface area (Å²) in [6.45, 7) is 0. The van der Waals surface area contributed by atoms with E-state index in [0.717, 1.165) is 0 Å². The molecule has 0 aliphatic carbocycles. The molecule has 2 rings (SSSR count). The van der Waals surface area contributed by atoms with Crippen molar-refractivity contribution < 1.29 is 4.42 Å². The van der Waals surface area contributed by atoms with Gasteiger partial charge in [0.05, 0.1) is 12.0 Å². The lowest BCUT2D eigenvalue weighted by Crippen LogP contribution is -2.09. The van der Waals surface area contributed by atoms with Gasteiger partial charge in [-0.15, -0.1) is 0 Å². The molecule has 4 heteroatoms. The van der Waals surface area contributed by atoms with Gasteiger partial charge in [0.1, 0.15) is 17.4 Å². The minimum Gasteiger partial charge on any atom is -0.463 e. The number of H-pyrrole nitrogens is 1. The summed E-state index contributed by atoms with van der Waals surface area (Å²) in [6, 6.07) is 8.36. The fourth-order valence-electron chi connectivity index (χ4n) is 1.14. The Morgan fingerprint density at radius 3 is 2.79 bits per heavy atom. The van der Waals surface area contributed by atoms with Crippen LogP contribution in [0, 0.1) is 11.3 Å². The van der Waals surface area contributed by atoms with Crippen molar-refractivity contribution in [3.63, 3.8) is 0 Å². The summed E-state index contributed by atoms with van der Waals surface area (Å²) in [5.41, 5.74) is 0.265. The zero-order chi connectivity index (χ0) is 9.97. The molecule has 0 spiro atoms. The van der Waals surface area contributed by atoms with Gasteiger partial charge in [-0.25, -0.2) is 0 Å². The molecule has 0 fully saturated rings. The monoisotopic (exact) mass is 186 g/mol. The van der Waals surface area contributed by atoms with Gasteiger partial charge in [0.25, 0.3) is 5.56 Å². The third kappa shape index (κ3) is 1.31. The number of nitrogens with one attached hydrogen (secondary N) is 1. The Hall–Kier alpha value is -2.28. The van der Waals surface area contributed by atoms with Crippen molar-refractivity contribution in [2.24, 2.45) is 0 Å². The highest BCUT2D eigenvalue weighted by Crippen LogP contribution is 2.15. The second-order valence-electron chi connectivity index (χ2n) is 2.70. The molecule has 4 nitrogen and oxygen atoms in total. The molecular formula is C10H6N2O2. The quantitative estimate of drug-likeness (QED) is 0.733. The molecular weight excluding hydrogens is 180 g/mol. The van der Waals surface area contributed by atoms with E-state index in [0.29, 0.717) is 11.5 Å². The van der Waals surface area contributed by atoms with E-state index >= 15 is 0 Å². The second-order valence-corrected chi connectivity index (χ2v) is 2.70. The largest absolute Gasteiger partial charge is 0.463 e. The number of nitriles is 1. The van der Waals surface area contributed by atoms with Crippen molar-refractivity contribution in [2.45, 2.75) is 0 Å². The number of furan rings is 1. The van der Waals surface area contributed by atoms with Crippen molar-refractivity contribution in [3.05, 3.63) is 46.4 Å². The molecule has 0 amide bonds. The number of aromatic nitrogens is 1. The van der Waals surface area contributed by atoms with E-state index in [2.05, 4.69) is 4.98 Å². The van der Waals surface area contributed by atoms with Crippen molar-refractivity contribution >= 4 is 0 Å². The maximum atomic E-state index is 11.2. The second kappa shape index (κ2) is 3.23. The van der Waals surface area contributed by atoms with Crippen molar-refractivity contribution in [1.29, 1.82) is 5.26 Å². The smallest absolute Gasteiger partial charge is 0.266 e. The fraction of sp³-hybridized carbons (Fsp3) is 0. The number of pyridine rings is 1. The molecule has 1 N–H and O–H groups in total. The zero-order valence-corrected chi connectivity index (χ0v) is 7.15. The first-order valence-corrected chi connectivity index (χ1v) is 3.98. The highest BCUT2D eigenvalue weighted by Gasteiger charge is 2.03. The van der Waals surface area contributed by atoms with Gasteiger partial charge >= 0.3 is 0 Å². The van der Waals surface area contributed by atoms with Crippen LogP contribution in [0.5, 0.6) is 0 Å². The first-order valence-electron chi connectivity index (χ1n) is 3.98. The van der Waals surface area contributed by atoms with Crippen LogP contribution in [0.4, 0.5) is 0 Å². The molecule has 2 heterocycles. The fourth-order valence-corrected chi connectivity index (χ4v) is 1.14. The Balaban J connectivity index is 2.55. The Morgan fingerprint density at radius 1 is 1.36 bits per heavy atom. The molecule has 0 atom stereocenters. The van der Waals surface area contributed by atoms with E-state index in [-0.39, 0.29) is 5.56 Å². The van der Waals surface area contributed by atoms with Gasteiger partial charge in [-0.05, 0) is 24.3 Å². The van der Waals surface area contributed by atoms with Gasteiger partial charge in [0.2, 0.25) is 0 Å². The molecule has 14 heavy (non-hydrogen) atoms. The number of hydrogen-bond acceptors (Lipinski definition) is 3. The third-order valence-electron chi connectivity index (χ3n) is 1.82. The van der Waals surface area contributed by atoms with Gasteiger partial charge < -0.3 is 9.40 Å². The lowest BCUT2D eigenvalue weighted by Gasteiger charge is -1.95. The summed E-state index contributed by atoms with van der Waals surface area (Å²) in [5.74, 6) is 0.576. The number of hydrogen-bond donors (Lipinski definition) is 1. The van der Waals surface area contributed by atoms with Gasteiger partial charge in [-0.2, -0.15) is 5.26 Å². The normalized spacial score (nSPS) is 9.64. The third-order valence-corrected chi connectivity index (χ3v) is 1.82. The van der Waals surface area contributed by atoms with Crippen molar-refractivity contribution in [2.75, 3.05) is 0 Å². The Kier molecular flexibility index (Phi) is 1.92. The Labute approximate surface area is 79.4 Å². The van der Waals surface area contributed by atoms with Crippen LogP contribution in [0.15, 0.2) is 39.7 Å². The maximum Gasteiger partial charge on any atom is 0.266 e. The molecule has 0 saturated carbocycles. The standard InChI is InChI=1S/C10H6N2O2/c11-6-7-3-4-8(12-10(7)13)9-2-1-5-14-9/h1-5H,(H,12,13). The molecule has 0 bridgehead atoms. The zero-order valence-electron chi connectivity index (χ0n) is 7.15. The van der Waals surface area contributed by atoms with Gasteiger partial charge in [-0.1, -0.05) is 0 Å². The summed E-state index contributed by atoms with van der Waals surface area (Å²) in [5, 5.41) is 8.55. The lowest BCUT2D eigenvalue weighted by atomic mass is 10.2. The molecule has 2 aromatic rings. The Morgan fingerprint density at radius 2 is 2.21 bits per heavy atom. The van der Waals surface area contributed by atoms with E-state index in [4.69, 9.17) is 9.68 Å². The molecule has 68 valence electrons. The highest BCUT2D eigenvalue weighted by atomic mass is 16.3. The van der Waals surface area contributed by atoms with Crippen LogP contribution < -0.4 is 5.56 Å². The number of aromatic amines is 1. The van der Waals surface area contributed by atoms with Crippen molar-refractivity contribution in [3.8, 4) is 17.5 Å². The van der Waals surface area contributed by atoms with Crippen molar-refractivity contribution in [1.82, 2.24) is 4.98 Å². The SMILES string of the molecule is N#Cc1ccc(-c2ccco2)[nH]c1=O. The minimum atomic E-state index is -0.401. The summed E-state index contributed by atoms with van der Waals surface area (Å²) in [6.07, 6.45) is 1.52. The predicted octanol–water partition coefficient (Wildman–Crippen LogP) is 1.51. The highest BCUT2D eigenvalue weighted by molar-refractivity contribution is 5.52.